The second-order valence-electron chi connectivity index (χ2n) is 7.88. The molecule has 5 nitrogen and oxygen atoms in total. The highest BCUT2D eigenvalue weighted by Crippen LogP contribution is 2.39. The monoisotopic (exact) mass is 475 g/mol. The molecule has 168 valence electrons. The number of anilines is 1. The van der Waals surface area contributed by atoms with E-state index in [1.807, 2.05) is 32.0 Å². The van der Waals surface area contributed by atoms with Crippen molar-refractivity contribution in [2.24, 2.45) is 4.99 Å². The number of amides is 2. The minimum absolute atomic E-state index is 0.0586. The van der Waals surface area contributed by atoms with E-state index in [4.69, 9.17) is 0 Å². The summed E-state index contributed by atoms with van der Waals surface area (Å²) in [4.78, 5) is 32.4. The fourth-order valence-electron chi connectivity index (χ4n) is 3.41. The molecule has 2 aromatic rings. The van der Waals surface area contributed by atoms with E-state index in [9.17, 15) is 18.4 Å². The number of alkyl halides is 2. The Hall–Kier alpha value is -2.39. The quantitative estimate of drug-likeness (QED) is 0.519. The third-order valence-corrected chi connectivity index (χ3v) is 7.08. The molecule has 32 heavy (non-hydrogen) atoms. The van der Waals surface area contributed by atoms with Crippen LogP contribution in [0.3, 0.4) is 0 Å². The summed E-state index contributed by atoms with van der Waals surface area (Å²) in [6.07, 6.45) is 1.89. The first kappa shape index (κ1) is 22.8. The largest absolute Gasteiger partial charge is 0.326 e. The molecule has 1 saturated carbocycles. The van der Waals surface area contributed by atoms with Crippen molar-refractivity contribution in [1.29, 1.82) is 0 Å². The highest BCUT2D eigenvalue weighted by atomic mass is 32.2. The maximum Gasteiger partial charge on any atom is 0.288 e. The number of halogens is 2. The number of rotatable bonds is 7. The van der Waals surface area contributed by atoms with Crippen LogP contribution in [-0.2, 0) is 9.59 Å². The zero-order chi connectivity index (χ0) is 22.8. The van der Waals surface area contributed by atoms with Gasteiger partial charge in [-0.25, -0.2) is 4.99 Å². The number of aryl methyl sites for hydroxylation is 2. The van der Waals surface area contributed by atoms with Crippen LogP contribution in [0.2, 0.25) is 0 Å². The normalized spacial score (nSPS) is 19.8. The van der Waals surface area contributed by atoms with Crippen molar-refractivity contribution in [3.63, 3.8) is 0 Å². The molecule has 1 aliphatic carbocycles. The molecule has 1 aliphatic heterocycles. The molecule has 0 radical (unpaired) electrons. The summed E-state index contributed by atoms with van der Waals surface area (Å²) in [5, 5.41) is 2.95. The van der Waals surface area contributed by atoms with Crippen LogP contribution in [0.25, 0.3) is 0 Å². The predicted molar refractivity (Wildman–Crippen MR) is 126 cm³/mol. The summed E-state index contributed by atoms with van der Waals surface area (Å²) in [7, 11) is 0. The number of carbonyl (C=O) groups is 2. The third kappa shape index (κ3) is 5.50. The van der Waals surface area contributed by atoms with E-state index in [0.717, 1.165) is 29.7 Å². The standard InChI is InChI=1S/C23H23F2N3O2S2/c1-13-3-4-14(2)18(11-13)27-20(29)12-19-21(30)28(16-7-8-16)23(32-19)26-15-5-9-17(10-6-15)31-22(24)25/h3-6,9-11,16,19,22H,7-8,12H2,1-2H3,(H,27,29). The number of carbonyl (C=O) groups excluding carboxylic acids is 2. The minimum atomic E-state index is -2.48. The van der Waals surface area contributed by atoms with E-state index in [0.29, 0.717) is 27.5 Å². The van der Waals surface area contributed by atoms with Gasteiger partial charge in [-0.3, -0.25) is 14.5 Å². The highest BCUT2D eigenvalue weighted by molar-refractivity contribution is 8.15. The number of nitrogens with one attached hydrogen (secondary N) is 1. The summed E-state index contributed by atoms with van der Waals surface area (Å²) in [6, 6.07) is 12.5. The number of benzene rings is 2. The molecule has 2 aromatic carbocycles. The summed E-state index contributed by atoms with van der Waals surface area (Å²) in [6.45, 7) is 3.88. The maximum absolute atomic E-state index is 13.0. The van der Waals surface area contributed by atoms with Crippen molar-refractivity contribution in [3.8, 4) is 0 Å². The molecule has 0 bridgehead atoms. The van der Waals surface area contributed by atoms with E-state index in [1.54, 1.807) is 29.2 Å². The first-order valence-corrected chi connectivity index (χ1v) is 12.1. The van der Waals surface area contributed by atoms with Gasteiger partial charge in [0, 0.05) is 23.0 Å². The van der Waals surface area contributed by atoms with E-state index < -0.39 is 11.0 Å². The van der Waals surface area contributed by atoms with Crippen molar-refractivity contribution in [1.82, 2.24) is 4.90 Å². The molecular weight excluding hydrogens is 452 g/mol. The van der Waals surface area contributed by atoms with Crippen LogP contribution in [0, 0.1) is 13.8 Å². The van der Waals surface area contributed by atoms with Crippen molar-refractivity contribution in [3.05, 3.63) is 53.6 Å². The van der Waals surface area contributed by atoms with E-state index in [-0.39, 0.29) is 24.3 Å². The van der Waals surface area contributed by atoms with Gasteiger partial charge >= 0.3 is 0 Å². The number of hydrogen-bond donors (Lipinski definition) is 1. The third-order valence-electron chi connectivity index (χ3n) is 5.20. The molecule has 2 amide bonds. The van der Waals surface area contributed by atoms with Crippen molar-refractivity contribution >= 4 is 51.9 Å². The van der Waals surface area contributed by atoms with E-state index in [1.165, 1.54) is 11.8 Å². The number of aliphatic imine (C=N–C) groups is 1. The molecule has 1 atom stereocenters. The van der Waals surface area contributed by atoms with Gasteiger partial charge in [0.25, 0.3) is 5.76 Å². The number of thioether (sulfide) groups is 2. The second-order valence-corrected chi connectivity index (χ2v) is 10.1. The molecule has 1 saturated heterocycles. The summed E-state index contributed by atoms with van der Waals surface area (Å²) in [5.74, 6) is -2.79. The lowest BCUT2D eigenvalue weighted by Crippen LogP contribution is -2.35. The highest BCUT2D eigenvalue weighted by Gasteiger charge is 2.46. The van der Waals surface area contributed by atoms with Gasteiger partial charge in [0.15, 0.2) is 5.17 Å². The Morgan fingerprint density at radius 2 is 1.94 bits per heavy atom. The van der Waals surface area contributed by atoms with Crippen LogP contribution in [0.1, 0.15) is 30.4 Å². The Bertz CT molecular complexity index is 1060. The van der Waals surface area contributed by atoms with E-state index >= 15 is 0 Å². The van der Waals surface area contributed by atoms with Crippen molar-refractivity contribution < 1.29 is 18.4 Å². The Morgan fingerprint density at radius 1 is 1.22 bits per heavy atom. The average molecular weight is 476 g/mol. The number of nitrogens with zero attached hydrogens (tertiary/aromatic N) is 2. The van der Waals surface area contributed by atoms with Crippen LogP contribution in [0.15, 0.2) is 52.4 Å². The molecule has 4 rings (SSSR count). The van der Waals surface area contributed by atoms with Gasteiger partial charge < -0.3 is 5.32 Å². The molecule has 0 aromatic heterocycles. The molecule has 1 heterocycles. The first-order valence-electron chi connectivity index (χ1n) is 10.3. The van der Waals surface area contributed by atoms with Crippen LogP contribution in [0.4, 0.5) is 20.2 Å². The molecule has 1 N–H and O–H groups in total. The van der Waals surface area contributed by atoms with Gasteiger partial charge in [0.1, 0.15) is 5.25 Å². The predicted octanol–water partition coefficient (Wildman–Crippen LogP) is 5.74. The number of amidine groups is 1. The minimum Gasteiger partial charge on any atom is -0.326 e. The first-order chi connectivity index (χ1) is 15.3. The zero-order valence-corrected chi connectivity index (χ0v) is 19.3. The van der Waals surface area contributed by atoms with Crippen LogP contribution < -0.4 is 5.32 Å². The Balaban J connectivity index is 1.47. The summed E-state index contributed by atoms with van der Waals surface area (Å²) in [5.41, 5.74) is 3.35. The lowest BCUT2D eigenvalue weighted by Gasteiger charge is -2.15. The Kier molecular flexibility index (Phi) is 6.85. The molecule has 9 heteroatoms. The summed E-state index contributed by atoms with van der Waals surface area (Å²) < 4.78 is 25.0. The van der Waals surface area contributed by atoms with Crippen LogP contribution in [-0.4, -0.2) is 38.9 Å². The van der Waals surface area contributed by atoms with Gasteiger partial charge in [0.2, 0.25) is 11.8 Å². The van der Waals surface area contributed by atoms with Crippen LogP contribution in [0.5, 0.6) is 0 Å². The average Bonchev–Trinajstić information content (AvgIpc) is 3.51. The lowest BCUT2D eigenvalue weighted by atomic mass is 10.1. The Labute approximate surface area is 194 Å². The molecule has 1 unspecified atom stereocenters. The molecular formula is C23H23F2N3O2S2. The smallest absolute Gasteiger partial charge is 0.288 e. The Morgan fingerprint density at radius 3 is 2.59 bits per heavy atom. The van der Waals surface area contributed by atoms with Crippen molar-refractivity contribution in [2.75, 3.05) is 5.32 Å². The molecule has 2 fully saturated rings. The fraction of sp³-hybridized carbons (Fsp3) is 0.348. The van der Waals surface area contributed by atoms with Gasteiger partial charge in [-0.2, -0.15) is 8.78 Å². The van der Waals surface area contributed by atoms with Gasteiger partial charge in [-0.1, -0.05) is 35.7 Å². The maximum atomic E-state index is 13.0. The fourth-order valence-corrected chi connectivity index (χ4v) is 5.13. The van der Waals surface area contributed by atoms with Gasteiger partial charge in [-0.05, 0) is 68.1 Å². The molecule has 0 spiro atoms. The second kappa shape index (κ2) is 9.62. The van der Waals surface area contributed by atoms with Crippen molar-refractivity contribution in [2.45, 2.75) is 55.1 Å². The summed E-state index contributed by atoms with van der Waals surface area (Å²) >= 11 is 1.77. The molecule has 2 aliphatic rings. The SMILES string of the molecule is Cc1ccc(C)c(NC(=O)CC2SC(=Nc3ccc(SC(F)F)cc3)N(C3CC3)C2=O)c1. The van der Waals surface area contributed by atoms with Crippen LogP contribution >= 0.6 is 23.5 Å². The zero-order valence-electron chi connectivity index (χ0n) is 17.7. The van der Waals surface area contributed by atoms with E-state index in [2.05, 4.69) is 10.3 Å². The van der Waals surface area contributed by atoms with Gasteiger partial charge in [0.05, 0.1) is 5.69 Å². The van der Waals surface area contributed by atoms with Gasteiger partial charge in [-0.15, -0.1) is 0 Å². The lowest BCUT2D eigenvalue weighted by molar-refractivity contribution is -0.128. The number of hydrogen-bond acceptors (Lipinski definition) is 5. The topological polar surface area (TPSA) is 61.8 Å².